The van der Waals surface area contributed by atoms with Crippen LogP contribution in [0.4, 0.5) is 5.00 Å². The van der Waals surface area contributed by atoms with Crippen molar-refractivity contribution in [1.82, 2.24) is 10.1 Å². The first-order valence-corrected chi connectivity index (χ1v) is 7.89. The van der Waals surface area contributed by atoms with Crippen molar-refractivity contribution in [1.29, 1.82) is 0 Å². The summed E-state index contributed by atoms with van der Waals surface area (Å²) in [6, 6.07) is 5.74. The predicted molar refractivity (Wildman–Crippen MR) is 84.3 cm³/mol. The normalized spacial score (nSPS) is 11.1. The van der Waals surface area contributed by atoms with Crippen molar-refractivity contribution < 1.29 is 9.32 Å². The Balaban J connectivity index is 1.74. The van der Waals surface area contributed by atoms with Gasteiger partial charge in [-0.25, -0.2) is 0 Å². The van der Waals surface area contributed by atoms with Crippen molar-refractivity contribution in [3.63, 3.8) is 0 Å². The average molecular weight is 317 g/mol. The van der Waals surface area contributed by atoms with Crippen LogP contribution in [0.2, 0.25) is 0 Å². The van der Waals surface area contributed by atoms with Crippen LogP contribution in [0.1, 0.15) is 10.7 Å². The fraction of sp³-hybridized carbons (Fsp3) is 0.0714. The third kappa shape index (κ3) is 3.26. The summed E-state index contributed by atoms with van der Waals surface area (Å²) in [4.78, 5) is 17.1. The number of amides is 1. The average Bonchev–Trinajstić information content (AvgIpc) is 3.17. The molecule has 0 atom stereocenters. The number of hydrogen-bond donors (Lipinski definition) is 1. The first kappa shape index (κ1) is 13.7. The molecule has 0 aliphatic rings. The lowest BCUT2D eigenvalue weighted by Gasteiger charge is -2.00. The van der Waals surface area contributed by atoms with Gasteiger partial charge < -0.3 is 9.84 Å². The Morgan fingerprint density at radius 3 is 2.95 bits per heavy atom. The molecule has 0 saturated carbocycles. The van der Waals surface area contributed by atoms with Crippen LogP contribution >= 0.6 is 22.7 Å². The maximum absolute atomic E-state index is 11.9. The van der Waals surface area contributed by atoms with Gasteiger partial charge in [-0.05, 0) is 35.9 Å². The molecule has 0 aliphatic heterocycles. The van der Waals surface area contributed by atoms with Gasteiger partial charge in [-0.3, -0.25) is 4.79 Å². The van der Waals surface area contributed by atoms with E-state index in [-0.39, 0.29) is 5.91 Å². The van der Waals surface area contributed by atoms with Crippen LogP contribution in [0.5, 0.6) is 0 Å². The van der Waals surface area contributed by atoms with Gasteiger partial charge in [0, 0.05) is 11.0 Å². The van der Waals surface area contributed by atoms with Crippen LogP contribution in [-0.2, 0) is 4.79 Å². The molecule has 3 heterocycles. The summed E-state index contributed by atoms with van der Waals surface area (Å²) in [6.07, 6.45) is 3.29. The monoisotopic (exact) mass is 317 g/mol. The number of carbonyl (C=O) groups excluding carboxylic acids is 1. The van der Waals surface area contributed by atoms with E-state index in [4.69, 9.17) is 4.52 Å². The van der Waals surface area contributed by atoms with E-state index >= 15 is 0 Å². The Hall–Kier alpha value is -2.25. The zero-order valence-corrected chi connectivity index (χ0v) is 12.7. The summed E-state index contributed by atoms with van der Waals surface area (Å²) in [5.41, 5.74) is 0.735. The molecule has 21 heavy (non-hydrogen) atoms. The van der Waals surface area contributed by atoms with E-state index in [1.807, 2.05) is 29.0 Å². The minimum absolute atomic E-state index is 0.191. The molecular formula is C14H11N3O2S2. The van der Waals surface area contributed by atoms with E-state index in [1.54, 1.807) is 24.3 Å². The van der Waals surface area contributed by atoms with Crippen LogP contribution in [-0.4, -0.2) is 16.0 Å². The summed E-state index contributed by atoms with van der Waals surface area (Å²) >= 11 is 2.99. The van der Waals surface area contributed by atoms with Gasteiger partial charge in [0.05, 0.1) is 5.56 Å². The molecule has 3 rings (SSSR count). The van der Waals surface area contributed by atoms with Gasteiger partial charge in [-0.2, -0.15) is 4.98 Å². The van der Waals surface area contributed by atoms with Crippen molar-refractivity contribution in [2.75, 3.05) is 5.32 Å². The number of hydrogen-bond acceptors (Lipinski definition) is 6. The second kappa shape index (κ2) is 6.02. The van der Waals surface area contributed by atoms with Gasteiger partial charge >= 0.3 is 0 Å². The summed E-state index contributed by atoms with van der Waals surface area (Å²) in [6.45, 7) is 1.75. The quantitative estimate of drug-likeness (QED) is 0.743. The molecule has 0 unspecified atom stereocenters. The molecule has 1 amide bonds. The fourth-order valence-electron chi connectivity index (χ4n) is 1.68. The molecule has 0 spiro atoms. The molecule has 0 radical (unpaired) electrons. The first-order valence-electron chi connectivity index (χ1n) is 6.13. The number of rotatable bonds is 4. The Morgan fingerprint density at radius 1 is 1.33 bits per heavy atom. The molecule has 3 aromatic rings. The number of nitrogens with one attached hydrogen (secondary N) is 1. The van der Waals surface area contributed by atoms with Gasteiger partial charge in [0.1, 0.15) is 5.00 Å². The molecular weight excluding hydrogens is 306 g/mol. The van der Waals surface area contributed by atoms with Crippen molar-refractivity contribution in [3.05, 3.63) is 45.7 Å². The molecule has 0 aromatic carbocycles. The van der Waals surface area contributed by atoms with Crippen molar-refractivity contribution in [2.24, 2.45) is 0 Å². The highest BCUT2D eigenvalue weighted by Gasteiger charge is 2.14. The second-order valence-electron chi connectivity index (χ2n) is 4.15. The minimum Gasteiger partial charge on any atom is -0.334 e. The van der Waals surface area contributed by atoms with Gasteiger partial charge in [0.15, 0.2) is 5.82 Å². The van der Waals surface area contributed by atoms with E-state index in [0.29, 0.717) is 16.7 Å². The fourth-order valence-corrected chi connectivity index (χ4v) is 3.08. The Bertz CT molecular complexity index is 772. The molecule has 0 fully saturated rings. The number of anilines is 1. The number of nitrogens with zero attached hydrogens (tertiary/aromatic N) is 2. The number of aromatic nitrogens is 2. The second-order valence-corrected chi connectivity index (χ2v) is 6.04. The molecule has 5 nitrogen and oxygen atoms in total. The smallest absolute Gasteiger partial charge is 0.260 e. The van der Waals surface area contributed by atoms with Crippen LogP contribution in [0, 0.1) is 6.92 Å². The highest BCUT2D eigenvalue weighted by atomic mass is 32.1. The molecule has 106 valence electrons. The maximum atomic E-state index is 11.9. The topological polar surface area (TPSA) is 68.0 Å². The van der Waals surface area contributed by atoms with E-state index < -0.39 is 0 Å². The number of aryl methyl sites for hydroxylation is 1. The van der Waals surface area contributed by atoms with Crippen LogP contribution in [0.3, 0.4) is 0 Å². The minimum atomic E-state index is -0.191. The zero-order valence-electron chi connectivity index (χ0n) is 11.1. The molecule has 3 aromatic heterocycles. The molecule has 0 bridgehead atoms. The summed E-state index contributed by atoms with van der Waals surface area (Å²) < 4.78 is 5.13. The Labute approximate surface area is 128 Å². The highest BCUT2D eigenvalue weighted by molar-refractivity contribution is 7.15. The molecule has 0 saturated heterocycles. The van der Waals surface area contributed by atoms with E-state index in [1.165, 1.54) is 17.4 Å². The largest absolute Gasteiger partial charge is 0.334 e. The molecule has 1 N–H and O–H groups in total. The van der Waals surface area contributed by atoms with Gasteiger partial charge in [0.2, 0.25) is 5.91 Å². The Kier molecular flexibility index (Phi) is 3.94. The lowest BCUT2D eigenvalue weighted by molar-refractivity contribution is -0.111. The maximum Gasteiger partial charge on any atom is 0.260 e. The van der Waals surface area contributed by atoms with Crippen LogP contribution < -0.4 is 5.32 Å². The van der Waals surface area contributed by atoms with E-state index in [9.17, 15) is 4.79 Å². The van der Waals surface area contributed by atoms with Gasteiger partial charge in [-0.15, -0.1) is 22.7 Å². The van der Waals surface area contributed by atoms with E-state index in [2.05, 4.69) is 15.5 Å². The highest BCUT2D eigenvalue weighted by Crippen LogP contribution is 2.32. The van der Waals surface area contributed by atoms with Gasteiger partial charge in [0.25, 0.3) is 5.89 Å². The predicted octanol–water partition coefficient (Wildman–Crippen LogP) is 3.82. The first-order chi connectivity index (χ1) is 10.2. The summed E-state index contributed by atoms with van der Waals surface area (Å²) in [5.74, 6) is 0.778. The van der Waals surface area contributed by atoms with Crippen molar-refractivity contribution in [3.8, 4) is 11.5 Å². The third-order valence-corrected chi connectivity index (χ3v) is 4.27. The third-order valence-electron chi connectivity index (χ3n) is 2.60. The number of thiophene rings is 2. The number of carbonyl (C=O) groups is 1. The van der Waals surface area contributed by atoms with E-state index in [0.717, 1.165) is 10.4 Å². The van der Waals surface area contributed by atoms with Gasteiger partial charge in [-0.1, -0.05) is 11.2 Å². The van der Waals surface area contributed by atoms with Crippen molar-refractivity contribution in [2.45, 2.75) is 6.92 Å². The molecule has 7 heteroatoms. The summed E-state index contributed by atoms with van der Waals surface area (Å²) in [5, 5.41) is 11.1. The van der Waals surface area contributed by atoms with Crippen LogP contribution in [0.15, 0.2) is 39.6 Å². The van der Waals surface area contributed by atoms with Crippen molar-refractivity contribution >= 4 is 39.7 Å². The molecule has 0 aliphatic carbocycles. The van der Waals surface area contributed by atoms with Crippen LogP contribution in [0.25, 0.3) is 17.5 Å². The lowest BCUT2D eigenvalue weighted by Crippen LogP contribution is -2.07. The SMILES string of the molecule is Cc1noc(-c2ccsc2NC(=O)/C=C/c2cccs2)n1. The Morgan fingerprint density at radius 2 is 2.24 bits per heavy atom. The lowest BCUT2D eigenvalue weighted by atomic mass is 10.3. The zero-order chi connectivity index (χ0) is 14.7. The standard InChI is InChI=1S/C14H11N3O2S2/c1-9-15-13(19-17-9)11-6-8-21-14(11)16-12(18)5-4-10-3-2-7-20-10/h2-8H,1H3,(H,16,18)/b5-4+. The summed E-state index contributed by atoms with van der Waals surface area (Å²) in [7, 11) is 0.